The quantitative estimate of drug-likeness (QED) is 0.0631. The molecule has 0 saturated carbocycles. The average molecular weight is 1030 g/mol. The third-order valence-corrected chi connectivity index (χ3v) is 11.0. The highest BCUT2D eigenvalue weighted by Gasteiger charge is 2.26. The Balaban J connectivity index is 2.04. The first-order valence-electron chi connectivity index (χ1n) is 25.7. The van der Waals surface area contributed by atoms with E-state index < -0.39 is 68.8 Å². The fourth-order valence-electron chi connectivity index (χ4n) is 7.46. The summed E-state index contributed by atoms with van der Waals surface area (Å²) in [5, 5.41) is 0. The van der Waals surface area contributed by atoms with E-state index in [1.165, 1.54) is 13.7 Å². The summed E-state index contributed by atoms with van der Waals surface area (Å²) < 4.78 is 21.2. The van der Waals surface area contributed by atoms with Crippen LogP contribution in [0.15, 0.2) is 65.2 Å². The zero-order valence-corrected chi connectivity index (χ0v) is 45.7. The van der Waals surface area contributed by atoms with Gasteiger partial charge in [0.1, 0.15) is 33.9 Å². The molecule has 0 spiro atoms. The smallest absolute Gasteiger partial charge is 0.425 e. The van der Waals surface area contributed by atoms with Crippen LogP contribution in [0.4, 0.5) is 14.4 Å². The van der Waals surface area contributed by atoms with Gasteiger partial charge in [0.2, 0.25) is 0 Å². The summed E-state index contributed by atoms with van der Waals surface area (Å²) in [4.78, 5) is 122. The molecule has 4 rings (SSSR count). The number of nitrogens with zero attached hydrogens (tertiary/aromatic N) is 6. The first kappa shape index (κ1) is 59.9. The summed E-state index contributed by atoms with van der Waals surface area (Å²) >= 11 is 0. The predicted molar refractivity (Wildman–Crippen MR) is 287 cm³/mol. The lowest BCUT2D eigenvalue weighted by Crippen LogP contribution is -2.46. The van der Waals surface area contributed by atoms with Crippen molar-refractivity contribution in [1.29, 1.82) is 0 Å². The Hall–Kier alpha value is -7.65. The highest BCUT2D eigenvalue weighted by atomic mass is 16.6. The van der Waals surface area contributed by atoms with Gasteiger partial charge in [-0.05, 0) is 118 Å². The molecular formula is C57H72N6O12. The van der Waals surface area contributed by atoms with Crippen LogP contribution in [-0.2, 0) is 33.8 Å². The van der Waals surface area contributed by atoms with Gasteiger partial charge in [-0.2, -0.15) is 13.7 Å². The van der Waals surface area contributed by atoms with Crippen LogP contribution in [0.3, 0.4) is 0 Å². The summed E-state index contributed by atoms with van der Waals surface area (Å²) in [5.74, 6) is 17.8. The Bertz CT molecular complexity index is 2960. The topological polar surface area (TPSA) is 211 Å². The second-order valence-corrected chi connectivity index (χ2v) is 21.1. The Morgan fingerprint density at radius 1 is 0.373 bits per heavy atom. The lowest BCUT2D eigenvalue weighted by atomic mass is 10.1. The Labute approximate surface area is 437 Å². The zero-order valence-electron chi connectivity index (χ0n) is 45.7. The number of hydrogen-bond donors (Lipinski definition) is 0. The molecule has 0 aliphatic carbocycles. The maximum Gasteiger partial charge on any atom is 0.425 e. The molecule has 0 radical (unpaired) electrons. The minimum atomic E-state index is -1.13. The van der Waals surface area contributed by atoms with Gasteiger partial charge in [0.05, 0.1) is 0 Å². The first-order chi connectivity index (χ1) is 35.2. The van der Waals surface area contributed by atoms with E-state index in [4.69, 9.17) is 14.2 Å². The summed E-state index contributed by atoms with van der Waals surface area (Å²) in [6.45, 7) is 21.0. The van der Waals surface area contributed by atoms with Crippen molar-refractivity contribution in [1.82, 2.24) is 27.4 Å². The zero-order chi connectivity index (χ0) is 55.8. The van der Waals surface area contributed by atoms with Crippen molar-refractivity contribution in [3.8, 4) is 35.5 Å². The Morgan fingerprint density at radius 2 is 0.613 bits per heavy atom. The summed E-state index contributed by atoms with van der Waals surface area (Å²) in [6, 6.07) is 7.99. The molecule has 18 nitrogen and oxygen atoms in total. The van der Waals surface area contributed by atoms with Crippen molar-refractivity contribution >= 4 is 18.3 Å². The molecule has 402 valence electrons. The average Bonchev–Trinajstić information content (AvgIpc) is 3.28. The minimum Gasteiger partial charge on any atom is -0.443 e. The number of benzene rings is 1. The molecule has 0 N–H and O–H groups in total. The number of carbonyl (C=O) groups is 3. The standard InChI is InChI=1S/C57H72N6O12/c1-13-16-19-22-31-58-43(37-46(64)61(49(58)67)52(70)73-55(4,5)6)28-25-40-34-41(26-29-44-38-47(65)62(53(71)74-56(7,8)9)50(68)59(44)32-23-20-17-14-2)36-42(35-40)27-30-45-39-48(66)63(54(72)75-57(10,11)12)51(69)60(45)33-24-21-18-15-3/h34-39H,13-24,31-33H2,1-12H3. The van der Waals surface area contributed by atoms with Crippen LogP contribution in [0.5, 0.6) is 0 Å². The maximum absolute atomic E-state index is 13.9. The Morgan fingerprint density at radius 3 is 0.827 bits per heavy atom. The van der Waals surface area contributed by atoms with Gasteiger partial charge >= 0.3 is 35.3 Å². The monoisotopic (exact) mass is 1030 g/mol. The molecule has 1 aromatic carbocycles. The molecule has 3 heterocycles. The molecule has 3 aromatic heterocycles. The van der Waals surface area contributed by atoms with E-state index in [9.17, 15) is 43.2 Å². The van der Waals surface area contributed by atoms with E-state index in [0.29, 0.717) is 33.0 Å². The molecule has 0 amide bonds. The Kier molecular flexibility index (Phi) is 21.2. The number of hydrogen-bond acceptors (Lipinski definition) is 12. The predicted octanol–water partition coefficient (Wildman–Crippen LogP) is 7.95. The van der Waals surface area contributed by atoms with Crippen LogP contribution in [-0.4, -0.2) is 62.5 Å². The SMILES string of the molecule is CCCCCCn1c(C#Cc2cc(C#Cc3cc(=O)n(C(=O)OC(C)(C)C)c(=O)n3CCCCCC)cc(C#Cc3cc(=O)n(C(=O)OC(C)(C)C)c(=O)n3CCCCCC)c2)cc(=O)n(C(=O)OC(C)(C)C)c1=O. The van der Waals surface area contributed by atoms with Crippen LogP contribution in [0.2, 0.25) is 0 Å². The van der Waals surface area contributed by atoms with Crippen LogP contribution < -0.4 is 33.7 Å². The molecule has 18 heteroatoms. The fraction of sp³-hybridized carbons (Fsp3) is 0.526. The molecule has 0 unspecified atom stereocenters. The number of unbranched alkanes of at least 4 members (excludes halogenated alkanes) is 9. The third kappa shape index (κ3) is 17.8. The van der Waals surface area contributed by atoms with Gasteiger partial charge in [0.15, 0.2) is 0 Å². The highest BCUT2D eigenvalue weighted by Crippen LogP contribution is 2.14. The number of ether oxygens (including phenoxy) is 3. The normalized spacial score (nSPS) is 11.4. The molecule has 0 atom stereocenters. The first-order valence-corrected chi connectivity index (χ1v) is 25.7. The number of carbonyl (C=O) groups excluding carboxylic acids is 3. The van der Waals surface area contributed by atoms with Crippen molar-refractivity contribution in [2.24, 2.45) is 0 Å². The summed E-state index contributed by atoms with van der Waals surface area (Å²) in [5.41, 5.74) is -7.77. The second kappa shape index (κ2) is 26.5. The molecule has 0 fully saturated rings. The van der Waals surface area contributed by atoms with E-state index in [1.54, 1.807) is 80.5 Å². The largest absolute Gasteiger partial charge is 0.443 e. The van der Waals surface area contributed by atoms with Crippen molar-refractivity contribution in [2.45, 2.75) is 197 Å². The van der Waals surface area contributed by atoms with Crippen molar-refractivity contribution < 1.29 is 28.6 Å². The lowest BCUT2D eigenvalue weighted by molar-refractivity contribution is 0.0508. The summed E-state index contributed by atoms with van der Waals surface area (Å²) in [6.07, 6.45) is 5.91. The van der Waals surface area contributed by atoms with Gasteiger partial charge in [-0.25, -0.2) is 28.8 Å². The van der Waals surface area contributed by atoms with E-state index in [2.05, 4.69) is 35.5 Å². The van der Waals surface area contributed by atoms with Gasteiger partial charge in [-0.15, -0.1) is 0 Å². The molecule has 0 aliphatic rings. The van der Waals surface area contributed by atoms with E-state index >= 15 is 0 Å². The van der Waals surface area contributed by atoms with Crippen molar-refractivity contribution in [2.75, 3.05) is 0 Å². The van der Waals surface area contributed by atoms with E-state index in [1.807, 2.05) is 20.8 Å². The minimum absolute atomic E-state index is 0.0145. The molecule has 0 aliphatic heterocycles. The van der Waals surface area contributed by atoms with Gasteiger partial charge in [-0.3, -0.25) is 28.1 Å². The number of aromatic nitrogens is 6. The van der Waals surface area contributed by atoms with Gasteiger partial charge in [0, 0.05) is 54.5 Å². The molecule has 0 bridgehead atoms. The van der Waals surface area contributed by atoms with Crippen molar-refractivity contribution in [3.63, 3.8) is 0 Å². The van der Waals surface area contributed by atoms with Gasteiger partial charge in [0.25, 0.3) is 16.7 Å². The van der Waals surface area contributed by atoms with Crippen LogP contribution >= 0.6 is 0 Å². The highest BCUT2D eigenvalue weighted by molar-refractivity contribution is 5.71. The van der Waals surface area contributed by atoms with E-state index in [0.717, 1.165) is 76.0 Å². The molecule has 75 heavy (non-hydrogen) atoms. The van der Waals surface area contributed by atoms with Gasteiger partial charge < -0.3 is 14.2 Å². The molecule has 0 saturated heterocycles. The fourth-order valence-corrected chi connectivity index (χ4v) is 7.46. The van der Waals surface area contributed by atoms with Gasteiger partial charge in [-0.1, -0.05) is 96.3 Å². The second-order valence-electron chi connectivity index (χ2n) is 21.1. The van der Waals surface area contributed by atoms with Crippen molar-refractivity contribution in [3.05, 3.63) is 133 Å². The number of rotatable bonds is 15. The molecular weight excluding hydrogens is 961 g/mol. The lowest BCUT2D eigenvalue weighted by Gasteiger charge is -2.20. The van der Waals surface area contributed by atoms with Crippen LogP contribution in [0.1, 0.15) is 194 Å². The maximum atomic E-state index is 13.9. The molecule has 4 aromatic rings. The summed E-state index contributed by atoms with van der Waals surface area (Å²) in [7, 11) is 0. The van der Waals surface area contributed by atoms with Crippen LogP contribution in [0.25, 0.3) is 0 Å². The van der Waals surface area contributed by atoms with Crippen LogP contribution in [0, 0.1) is 35.5 Å². The van der Waals surface area contributed by atoms with E-state index in [-0.39, 0.29) is 53.4 Å². The third-order valence-electron chi connectivity index (χ3n) is 11.0.